The highest BCUT2D eigenvalue weighted by Crippen LogP contribution is 2.26. The van der Waals surface area contributed by atoms with Gasteiger partial charge in [-0.2, -0.15) is 0 Å². The van der Waals surface area contributed by atoms with Crippen molar-refractivity contribution in [1.29, 1.82) is 0 Å². The number of aromatic nitrogens is 3. The maximum Gasteiger partial charge on any atom is 0.277 e. The molecule has 2 aromatic heterocycles. The molecule has 1 N–H and O–H groups in total. The van der Waals surface area contributed by atoms with Crippen molar-refractivity contribution in [2.24, 2.45) is 0 Å². The number of benzene rings is 1. The van der Waals surface area contributed by atoms with Crippen LogP contribution in [0.4, 0.5) is 5.82 Å². The number of carbonyl (C=O) groups is 1. The summed E-state index contributed by atoms with van der Waals surface area (Å²) in [4.78, 5) is 16.2. The Morgan fingerprint density at radius 1 is 1.19 bits per heavy atom. The first-order valence-electron chi connectivity index (χ1n) is 7.63. The van der Waals surface area contributed by atoms with Gasteiger partial charge in [-0.1, -0.05) is 65.3 Å². The minimum atomic E-state index is -0.283. The number of rotatable bonds is 6. The Kier molecular flexibility index (Phi) is 6.13. The predicted molar refractivity (Wildman–Crippen MR) is 102 cm³/mol. The highest BCUT2D eigenvalue weighted by Gasteiger charge is 2.13. The molecule has 0 bridgehead atoms. The van der Waals surface area contributed by atoms with E-state index in [9.17, 15) is 4.79 Å². The van der Waals surface area contributed by atoms with Crippen LogP contribution in [-0.2, 0) is 11.2 Å². The Bertz CT molecular complexity index is 918. The Morgan fingerprint density at radius 2 is 1.96 bits per heavy atom. The summed E-state index contributed by atoms with van der Waals surface area (Å²) in [6.45, 7) is 1.73. The molecular formula is C17H14Cl2N4O2S. The molecule has 0 aliphatic carbocycles. The topological polar surface area (TPSA) is 80.9 Å². The minimum Gasteiger partial charge on any atom is -0.416 e. The van der Waals surface area contributed by atoms with Gasteiger partial charge in [-0.3, -0.25) is 4.79 Å². The summed E-state index contributed by atoms with van der Waals surface area (Å²) in [5.74, 6) is 0.577. The van der Waals surface area contributed by atoms with Crippen LogP contribution in [0.5, 0.6) is 0 Å². The second-order valence-corrected chi connectivity index (χ2v) is 7.09. The molecule has 6 nitrogen and oxygen atoms in total. The molecule has 0 aliphatic rings. The molecule has 0 radical (unpaired) electrons. The quantitative estimate of drug-likeness (QED) is 0.608. The average Bonchev–Trinajstić information content (AvgIpc) is 3.06. The van der Waals surface area contributed by atoms with E-state index in [-0.39, 0.29) is 22.5 Å². The molecule has 0 atom stereocenters. The van der Waals surface area contributed by atoms with Crippen molar-refractivity contribution in [3.8, 4) is 0 Å². The van der Waals surface area contributed by atoms with Gasteiger partial charge in [0, 0.05) is 0 Å². The molecule has 3 aromatic rings. The highest BCUT2D eigenvalue weighted by molar-refractivity contribution is 7.99. The van der Waals surface area contributed by atoms with Crippen molar-refractivity contribution in [3.63, 3.8) is 0 Å². The van der Waals surface area contributed by atoms with E-state index in [0.717, 1.165) is 17.3 Å². The summed E-state index contributed by atoms with van der Waals surface area (Å²) in [6.07, 6.45) is 0.546. The zero-order valence-corrected chi connectivity index (χ0v) is 16.0. The molecule has 0 saturated heterocycles. The Labute approximate surface area is 164 Å². The molecule has 0 fully saturated rings. The molecule has 0 spiro atoms. The van der Waals surface area contributed by atoms with E-state index in [2.05, 4.69) is 20.5 Å². The van der Waals surface area contributed by atoms with Crippen LogP contribution in [0.15, 0.2) is 46.0 Å². The SMILES string of the molecule is Cc1nc(NC(=O)CSc2nnc(Cc3ccccc3)o2)c(Cl)cc1Cl. The Balaban J connectivity index is 1.54. The second-order valence-electron chi connectivity index (χ2n) is 5.35. The van der Waals surface area contributed by atoms with Gasteiger partial charge in [0.2, 0.25) is 11.8 Å². The van der Waals surface area contributed by atoms with Crippen molar-refractivity contribution < 1.29 is 9.21 Å². The van der Waals surface area contributed by atoms with E-state index in [4.69, 9.17) is 27.6 Å². The molecule has 26 heavy (non-hydrogen) atoms. The lowest BCUT2D eigenvalue weighted by Crippen LogP contribution is -2.15. The molecule has 9 heteroatoms. The van der Waals surface area contributed by atoms with Crippen LogP contribution in [0.1, 0.15) is 17.1 Å². The lowest BCUT2D eigenvalue weighted by Gasteiger charge is -2.07. The zero-order valence-electron chi connectivity index (χ0n) is 13.7. The number of anilines is 1. The number of amides is 1. The zero-order chi connectivity index (χ0) is 18.5. The molecule has 1 aromatic carbocycles. The molecule has 1 amide bonds. The lowest BCUT2D eigenvalue weighted by molar-refractivity contribution is -0.113. The van der Waals surface area contributed by atoms with Crippen molar-refractivity contribution in [3.05, 3.63) is 63.6 Å². The number of carbonyl (C=O) groups excluding carboxylic acids is 1. The number of halogens is 2. The third kappa shape index (κ3) is 4.97. The smallest absolute Gasteiger partial charge is 0.277 e. The Morgan fingerprint density at radius 3 is 2.73 bits per heavy atom. The van der Waals surface area contributed by atoms with Crippen LogP contribution in [-0.4, -0.2) is 26.8 Å². The predicted octanol–water partition coefficient (Wildman–Crippen LogP) is 4.40. The number of aryl methyl sites for hydroxylation is 1. The van der Waals surface area contributed by atoms with Crippen molar-refractivity contribution in [1.82, 2.24) is 15.2 Å². The summed E-state index contributed by atoms with van der Waals surface area (Å²) in [7, 11) is 0. The van der Waals surface area contributed by atoms with E-state index in [1.165, 1.54) is 0 Å². The maximum absolute atomic E-state index is 12.1. The number of nitrogens with one attached hydrogen (secondary N) is 1. The monoisotopic (exact) mass is 408 g/mol. The van der Waals surface area contributed by atoms with Gasteiger partial charge in [-0.05, 0) is 18.6 Å². The van der Waals surface area contributed by atoms with Crippen LogP contribution >= 0.6 is 35.0 Å². The van der Waals surface area contributed by atoms with E-state index in [1.54, 1.807) is 13.0 Å². The van der Waals surface area contributed by atoms with Gasteiger partial charge in [0.15, 0.2) is 5.82 Å². The molecular weight excluding hydrogens is 395 g/mol. The fourth-order valence-electron chi connectivity index (χ4n) is 2.08. The summed E-state index contributed by atoms with van der Waals surface area (Å²) in [6, 6.07) is 11.3. The molecule has 0 saturated carbocycles. The first-order valence-corrected chi connectivity index (χ1v) is 9.37. The van der Waals surface area contributed by atoms with E-state index >= 15 is 0 Å². The third-order valence-corrected chi connectivity index (χ3v) is 4.83. The summed E-state index contributed by atoms with van der Waals surface area (Å²) >= 11 is 13.1. The van der Waals surface area contributed by atoms with Crippen molar-refractivity contribution in [2.75, 3.05) is 11.1 Å². The van der Waals surface area contributed by atoms with Gasteiger partial charge in [0.1, 0.15) is 0 Å². The highest BCUT2D eigenvalue weighted by atomic mass is 35.5. The minimum absolute atomic E-state index is 0.0899. The molecule has 134 valence electrons. The van der Waals surface area contributed by atoms with Crippen LogP contribution in [0.3, 0.4) is 0 Å². The number of hydrogen-bond donors (Lipinski definition) is 1. The molecule has 3 rings (SSSR count). The fraction of sp³-hybridized carbons (Fsp3) is 0.176. The van der Waals surface area contributed by atoms with Crippen LogP contribution < -0.4 is 5.32 Å². The van der Waals surface area contributed by atoms with E-state index < -0.39 is 0 Å². The normalized spacial score (nSPS) is 10.7. The average molecular weight is 409 g/mol. The molecule has 2 heterocycles. The van der Waals surface area contributed by atoms with E-state index in [0.29, 0.717) is 28.3 Å². The number of nitrogens with zero attached hydrogens (tertiary/aromatic N) is 3. The standard InChI is InChI=1S/C17H14Cl2N4O2S/c1-10-12(18)8-13(19)16(20-10)21-14(24)9-26-17-23-22-15(25-17)7-11-5-3-2-4-6-11/h2-6,8H,7,9H2,1H3,(H,20,21,24). The van der Waals surface area contributed by atoms with Crippen LogP contribution in [0.2, 0.25) is 10.0 Å². The summed E-state index contributed by atoms with van der Waals surface area (Å²) < 4.78 is 5.55. The van der Waals surface area contributed by atoms with Gasteiger partial charge < -0.3 is 9.73 Å². The first-order chi connectivity index (χ1) is 12.5. The summed E-state index contributed by atoms with van der Waals surface area (Å²) in [5.41, 5.74) is 1.66. The van der Waals surface area contributed by atoms with Crippen molar-refractivity contribution >= 4 is 46.7 Å². The second kappa shape index (κ2) is 8.53. The van der Waals surface area contributed by atoms with Crippen molar-refractivity contribution in [2.45, 2.75) is 18.6 Å². The number of thioether (sulfide) groups is 1. The first kappa shape index (κ1) is 18.7. The van der Waals surface area contributed by atoms with Crippen LogP contribution in [0.25, 0.3) is 0 Å². The van der Waals surface area contributed by atoms with Crippen LogP contribution in [0, 0.1) is 6.92 Å². The largest absolute Gasteiger partial charge is 0.416 e. The van der Waals surface area contributed by atoms with Gasteiger partial charge in [0.05, 0.1) is 27.9 Å². The van der Waals surface area contributed by atoms with Gasteiger partial charge in [-0.25, -0.2) is 4.98 Å². The molecule has 0 unspecified atom stereocenters. The van der Waals surface area contributed by atoms with Gasteiger partial charge in [0.25, 0.3) is 5.22 Å². The maximum atomic E-state index is 12.1. The summed E-state index contributed by atoms with van der Waals surface area (Å²) in [5, 5.41) is 11.6. The number of hydrogen-bond acceptors (Lipinski definition) is 6. The lowest BCUT2D eigenvalue weighted by atomic mass is 10.2. The van der Waals surface area contributed by atoms with E-state index in [1.807, 2.05) is 30.3 Å². The number of pyridine rings is 1. The van der Waals surface area contributed by atoms with Gasteiger partial charge in [-0.15, -0.1) is 10.2 Å². The van der Waals surface area contributed by atoms with Gasteiger partial charge >= 0.3 is 0 Å². The third-order valence-electron chi connectivity index (χ3n) is 3.34. The Hall–Kier alpha value is -2.09. The fourth-order valence-corrected chi connectivity index (χ4v) is 3.07. The molecule has 0 aliphatic heterocycles.